The molecule has 0 aromatic rings. The summed E-state index contributed by atoms with van der Waals surface area (Å²) in [5.74, 6) is 7.67. The Morgan fingerprint density at radius 2 is 1.11 bits per heavy atom. The van der Waals surface area contributed by atoms with Crippen LogP contribution in [0.1, 0.15) is 90.4 Å². The largest absolute Gasteiger partial charge is 0.223 e. The zero-order valence-corrected chi connectivity index (χ0v) is 12.6. The van der Waals surface area contributed by atoms with Crippen LogP contribution in [0.4, 0.5) is 0 Å². The molecule has 0 atom stereocenters. The van der Waals surface area contributed by atoms with Gasteiger partial charge in [-0.3, -0.25) is 0 Å². The normalized spacial score (nSPS) is 9.32. The molecule has 0 rings (SSSR count). The number of unbranched alkanes of at least 4 members (excludes halogenated alkanes) is 12. The molecule has 0 amide bonds. The maximum absolute atomic E-state index is 9.80. The molecule has 0 unspecified atom stereocenters. The van der Waals surface area contributed by atoms with Gasteiger partial charge in [-0.05, 0) is 12.3 Å². The third-order valence-corrected chi connectivity index (χ3v) is 3.36. The standard InChI is InChI=1S/C18H29O/c1-2-3-4-5-6-7-8-9-10-11-12-13-14-15-16-17-18-19/h2-14H2,1H3. The van der Waals surface area contributed by atoms with Gasteiger partial charge in [-0.15, -0.1) is 0 Å². The molecule has 0 aliphatic rings. The molecular weight excluding hydrogens is 232 g/mol. The highest BCUT2D eigenvalue weighted by Gasteiger charge is 1.92. The fraction of sp³-hybridized carbons (Fsp3) is 0.778. The van der Waals surface area contributed by atoms with E-state index in [1.165, 1.54) is 70.6 Å². The van der Waals surface area contributed by atoms with Crippen LogP contribution in [0.15, 0.2) is 0 Å². The number of rotatable bonds is 12. The van der Waals surface area contributed by atoms with Crippen molar-refractivity contribution in [3.63, 3.8) is 0 Å². The van der Waals surface area contributed by atoms with Crippen LogP contribution in [0, 0.1) is 23.9 Å². The van der Waals surface area contributed by atoms with Crippen molar-refractivity contribution in [2.45, 2.75) is 90.4 Å². The molecule has 0 heterocycles. The number of hydrogen-bond donors (Lipinski definition) is 0. The summed E-state index contributed by atoms with van der Waals surface area (Å²) in [5, 5.41) is 9.80. The van der Waals surface area contributed by atoms with Gasteiger partial charge >= 0.3 is 0 Å². The summed E-state index contributed by atoms with van der Waals surface area (Å²) in [6, 6.07) is 0. The van der Waals surface area contributed by atoms with Crippen LogP contribution in [-0.4, -0.2) is 0 Å². The van der Waals surface area contributed by atoms with E-state index in [-0.39, 0.29) is 0 Å². The highest BCUT2D eigenvalue weighted by atomic mass is 16.2. The molecule has 0 aliphatic heterocycles. The van der Waals surface area contributed by atoms with Gasteiger partial charge in [-0.2, -0.15) is 0 Å². The van der Waals surface area contributed by atoms with E-state index in [4.69, 9.17) is 0 Å². The van der Waals surface area contributed by atoms with Crippen LogP contribution < -0.4 is 0 Å². The summed E-state index contributed by atoms with van der Waals surface area (Å²) in [7, 11) is 0. The molecule has 1 radical (unpaired) electrons. The molecule has 0 spiro atoms. The predicted molar refractivity (Wildman–Crippen MR) is 81.9 cm³/mol. The topological polar surface area (TPSA) is 19.9 Å². The van der Waals surface area contributed by atoms with E-state index in [2.05, 4.69) is 24.7 Å². The van der Waals surface area contributed by atoms with E-state index in [0.29, 0.717) is 0 Å². The van der Waals surface area contributed by atoms with Gasteiger partial charge in [0.05, 0.1) is 0 Å². The Kier molecular flexibility index (Phi) is 16.0. The zero-order chi connectivity index (χ0) is 14.0. The lowest BCUT2D eigenvalue weighted by Crippen LogP contribution is -1.82. The number of hydrogen-bond acceptors (Lipinski definition) is 0. The highest BCUT2D eigenvalue weighted by Crippen LogP contribution is 2.12. The Labute approximate surface area is 120 Å². The van der Waals surface area contributed by atoms with Gasteiger partial charge in [0.1, 0.15) is 0 Å². The molecular formula is C18H29O. The van der Waals surface area contributed by atoms with Crippen molar-refractivity contribution in [2.24, 2.45) is 0 Å². The maximum Gasteiger partial charge on any atom is 0.186 e. The molecule has 0 aromatic carbocycles. The van der Waals surface area contributed by atoms with Crippen molar-refractivity contribution in [3.05, 3.63) is 0 Å². The molecule has 1 heteroatoms. The van der Waals surface area contributed by atoms with Crippen LogP contribution in [0.2, 0.25) is 0 Å². The van der Waals surface area contributed by atoms with Crippen LogP contribution in [0.5, 0.6) is 0 Å². The van der Waals surface area contributed by atoms with E-state index in [1.54, 1.807) is 6.11 Å². The Bertz CT molecular complexity index is 284. The monoisotopic (exact) mass is 261 g/mol. The fourth-order valence-electron chi connectivity index (χ4n) is 2.19. The molecule has 0 saturated carbocycles. The van der Waals surface area contributed by atoms with E-state index < -0.39 is 0 Å². The minimum absolute atomic E-state index is 0.881. The minimum Gasteiger partial charge on any atom is -0.223 e. The van der Waals surface area contributed by atoms with Gasteiger partial charge in [0.25, 0.3) is 0 Å². The zero-order valence-electron chi connectivity index (χ0n) is 12.6. The average Bonchev–Trinajstić information content (AvgIpc) is 2.43. The molecule has 0 aliphatic carbocycles. The van der Waals surface area contributed by atoms with Gasteiger partial charge < -0.3 is 0 Å². The van der Waals surface area contributed by atoms with Gasteiger partial charge in [0.15, 0.2) is 6.11 Å². The fourth-order valence-corrected chi connectivity index (χ4v) is 2.19. The second-order valence-corrected chi connectivity index (χ2v) is 5.17. The Balaban J connectivity index is 3.03. The lowest BCUT2D eigenvalue weighted by atomic mass is 10.0. The van der Waals surface area contributed by atoms with E-state index >= 15 is 0 Å². The summed E-state index contributed by atoms with van der Waals surface area (Å²) in [4.78, 5) is 0. The second-order valence-electron chi connectivity index (χ2n) is 5.17. The van der Waals surface area contributed by atoms with Crippen LogP contribution in [0.3, 0.4) is 0 Å². The smallest absolute Gasteiger partial charge is 0.186 e. The van der Waals surface area contributed by atoms with Crippen LogP contribution >= 0.6 is 0 Å². The maximum atomic E-state index is 9.80. The summed E-state index contributed by atoms with van der Waals surface area (Å²) in [5.41, 5.74) is 0. The quantitative estimate of drug-likeness (QED) is 0.328. The first-order valence-electron chi connectivity index (χ1n) is 8.01. The molecule has 19 heavy (non-hydrogen) atoms. The van der Waals surface area contributed by atoms with E-state index in [1.807, 2.05) is 0 Å². The Hall–Kier alpha value is -1.08. The molecule has 0 aromatic heterocycles. The third kappa shape index (κ3) is 16.9. The van der Waals surface area contributed by atoms with Crippen molar-refractivity contribution in [1.29, 1.82) is 0 Å². The lowest BCUT2D eigenvalue weighted by Gasteiger charge is -2.01. The van der Waals surface area contributed by atoms with Gasteiger partial charge in [0, 0.05) is 12.3 Å². The average molecular weight is 261 g/mol. The first-order chi connectivity index (χ1) is 9.41. The van der Waals surface area contributed by atoms with Crippen molar-refractivity contribution < 1.29 is 5.11 Å². The van der Waals surface area contributed by atoms with Crippen LogP contribution in [0.25, 0.3) is 0 Å². The van der Waals surface area contributed by atoms with E-state index in [0.717, 1.165) is 12.8 Å². The highest BCUT2D eigenvalue weighted by molar-refractivity contribution is 5.23. The summed E-state index contributed by atoms with van der Waals surface area (Å²) >= 11 is 0. The van der Waals surface area contributed by atoms with Crippen molar-refractivity contribution in [1.82, 2.24) is 0 Å². The lowest BCUT2D eigenvalue weighted by molar-refractivity contribution is 0.392. The van der Waals surface area contributed by atoms with Crippen molar-refractivity contribution in [3.8, 4) is 23.9 Å². The Morgan fingerprint density at radius 3 is 1.58 bits per heavy atom. The predicted octanol–water partition coefficient (Wildman–Crippen LogP) is 5.47. The van der Waals surface area contributed by atoms with Gasteiger partial charge in [-0.1, -0.05) is 83.5 Å². The second kappa shape index (κ2) is 16.9. The molecule has 0 saturated heterocycles. The minimum atomic E-state index is 0.881. The SMILES string of the molecule is CCCCCCCCCCCCCCC#CC#C[O]. The summed E-state index contributed by atoms with van der Waals surface area (Å²) < 4.78 is 0. The molecule has 107 valence electrons. The summed E-state index contributed by atoms with van der Waals surface area (Å²) in [6.45, 7) is 2.27. The van der Waals surface area contributed by atoms with Gasteiger partial charge in [0.2, 0.25) is 0 Å². The third-order valence-electron chi connectivity index (χ3n) is 3.36. The van der Waals surface area contributed by atoms with Crippen LogP contribution in [-0.2, 0) is 5.11 Å². The first kappa shape index (κ1) is 17.9. The summed E-state index contributed by atoms with van der Waals surface area (Å²) in [6.07, 6.45) is 18.8. The first-order valence-corrected chi connectivity index (χ1v) is 8.01. The molecule has 0 fully saturated rings. The molecule has 0 N–H and O–H groups in total. The Morgan fingerprint density at radius 1 is 0.632 bits per heavy atom. The molecule has 0 bridgehead atoms. The molecule has 1 nitrogen and oxygen atoms in total. The van der Waals surface area contributed by atoms with Crippen molar-refractivity contribution >= 4 is 0 Å². The van der Waals surface area contributed by atoms with Gasteiger partial charge in [-0.25, -0.2) is 5.11 Å². The van der Waals surface area contributed by atoms with Crippen molar-refractivity contribution in [2.75, 3.05) is 0 Å². The van der Waals surface area contributed by atoms with E-state index in [9.17, 15) is 5.11 Å².